The predicted octanol–water partition coefficient (Wildman–Crippen LogP) is 4.36. The van der Waals surface area contributed by atoms with Gasteiger partial charge in [0.2, 0.25) is 0 Å². The van der Waals surface area contributed by atoms with Gasteiger partial charge in [-0.25, -0.2) is 8.78 Å². The molecule has 1 atom stereocenters. The summed E-state index contributed by atoms with van der Waals surface area (Å²) in [5.41, 5.74) is 0.740. The van der Waals surface area contributed by atoms with Gasteiger partial charge in [-0.3, -0.25) is 14.5 Å². The van der Waals surface area contributed by atoms with Crippen LogP contribution >= 0.6 is 0 Å². The number of ether oxygens (including phenoxy) is 2. The van der Waals surface area contributed by atoms with Crippen LogP contribution in [0.25, 0.3) is 5.76 Å². The highest BCUT2D eigenvalue weighted by atomic mass is 19.1. The molecule has 6 nitrogen and oxygen atoms in total. The molecule has 1 unspecified atom stereocenters. The van der Waals surface area contributed by atoms with Crippen LogP contribution in [0.15, 0.2) is 72.3 Å². The first-order valence-corrected chi connectivity index (χ1v) is 10.2. The molecule has 0 aromatic heterocycles. The van der Waals surface area contributed by atoms with Crippen LogP contribution in [0.1, 0.15) is 17.2 Å². The van der Waals surface area contributed by atoms with Gasteiger partial charge in [0.25, 0.3) is 11.7 Å². The number of ketones is 1. The van der Waals surface area contributed by atoms with E-state index in [1.54, 1.807) is 12.1 Å². The number of benzene rings is 3. The Morgan fingerprint density at radius 2 is 1.45 bits per heavy atom. The summed E-state index contributed by atoms with van der Waals surface area (Å²) in [6, 6.07) is 13.9. The van der Waals surface area contributed by atoms with Gasteiger partial charge in [-0.05, 0) is 60.2 Å². The van der Waals surface area contributed by atoms with Crippen molar-refractivity contribution in [3.63, 3.8) is 0 Å². The van der Waals surface area contributed by atoms with E-state index < -0.39 is 35.1 Å². The molecule has 3 aromatic rings. The molecule has 5 rings (SSSR count). The third-order valence-corrected chi connectivity index (χ3v) is 5.55. The zero-order valence-electron chi connectivity index (χ0n) is 17.1. The van der Waals surface area contributed by atoms with Crippen molar-refractivity contribution in [1.29, 1.82) is 0 Å². The van der Waals surface area contributed by atoms with Crippen LogP contribution in [0.5, 0.6) is 11.5 Å². The molecule has 2 aliphatic rings. The van der Waals surface area contributed by atoms with Crippen molar-refractivity contribution >= 4 is 23.1 Å². The number of nitrogens with zero attached hydrogens (tertiary/aromatic N) is 1. The normalized spacial score (nSPS) is 19.1. The molecular weight excluding hydrogens is 432 g/mol. The van der Waals surface area contributed by atoms with Crippen LogP contribution in [-0.2, 0) is 9.59 Å². The second-order valence-corrected chi connectivity index (χ2v) is 7.56. The number of amides is 1. The van der Waals surface area contributed by atoms with E-state index in [0.29, 0.717) is 30.3 Å². The Kier molecular flexibility index (Phi) is 5.05. The first-order valence-electron chi connectivity index (χ1n) is 10.2. The fourth-order valence-corrected chi connectivity index (χ4v) is 4.01. The average Bonchev–Trinajstić information content (AvgIpc) is 3.10. The van der Waals surface area contributed by atoms with E-state index in [0.717, 1.165) is 12.1 Å². The van der Waals surface area contributed by atoms with Crippen molar-refractivity contribution < 1.29 is 33.0 Å². The Morgan fingerprint density at radius 1 is 0.848 bits per heavy atom. The maximum atomic E-state index is 13.6. The summed E-state index contributed by atoms with van der Waals surface area (Å²) in [6.07, 6.45) is 0. The van der Waals surface area contributed by atoms with E-state index in [1.165, 1.54) is 47.4 Å². The highest BCUT2D eigenvalue weighted by molar-refractivity contribution is 6.51. The summed E-state index contributed by atoms with van der Waals surface area (Å²) in [4.78, 5) is 27.3. The summed E-state index contributed by atoms with van der Waals surface area (Å²) >= 11 is 0. The molecule has 3 aromatic carbocycles. The first-order chi connectivity index (χ1) is 15.9. The second-order valence-electron chi connectivity index (χ2n) is 7.56. The average molecular weight is 449 g/mol. The Morgan fingerprint density at radius 3 is 2.12 bits per heavy atom. The van der Waals surface area contributed by atoms with E-state index in [9.17, 15) is 23.5 Å². The van der Waals surface area contributed by atoms with Crippen molar-refractivity contribution in [2.45, 2.75) is 6.04 Å². The van der Waals surface area contributed by atoms with E-state index in [2.05, 4.69) is 0 Å². The number of rotatable bonds is 3. The fraction of sp³-hybridized carbons (Fsp3) is 0.120. The topological polar surface area (TPSA) is 76.1 Å². The first kappa shape index (κ1) is 20.7. The molecule has 33 heavy (non-hydrogen) atoms. The van der Waals surface area contributed by atoms with Gasteiger partial charge in [0, 0.05) is 11.3 Å². The summed E-state index contributed by atoms with van der Waals surface area (Å²) in [5, 5.41) is 11.2. The third kappa shape index (κ3) is 3.59. The van der Waals surface area contributed by atoms with Crippen LogP contribution in [0, 0.1) is 11.6 Å². The Hall–Kier alpha value is -4.20. The van der Waals surface area contributed by atoms with Gasteiger partial charge in [0.05, 0.1) is 11.6 Å². The minimum atomic E-state index is -1.05. The third-order valence-electron chi connectivity index (χ3n) is 5.55. The highest BCUT2D eigenvalue weighted by Gasteiger charge is 2.47. The van der Waals surface area contributed by atoms with Crippen molar-refractivity contribution in [3.8, 4) is 11.5 Å². The Balaban J connectivity index is 1.68. The molecule has 1 N–H and O–H groups in total. The van der Waals surface area contributed by atoms with Crippen molar-refractivity contribution in [2.24, 2.45) is 0 Å². The summed E-state index contributed by atoms with van der Waals surface area (Å²) < 4.78 is 38.1. The molecular formula is C25H17F2NO5. The number of Topliss-reactive ketones (excluding diaryl/α,β-unsaturated/α-hetero) is 1. The van der Waals surface area contributed by atoms with Crippen LogP contribution < -0.4 is 14.4 Å². The van der Waals surface area contributed by atoms with Crippen LogP contribution in [0.4, 0.5) is 14.5 Å². The monoisotopic (exact) mass is 449 g/mol. The summed E-state index contributed by atoms with van der Waals surface area (Å²) in [6.45, 7) is 0.730. The number of fused-ring (bicyclic) bond motifs is 1. The van der Waals surface area contributed by atoms with Gasteiger partial charge in [-0.1, -0.05) is 12.1 Å². The SMILES string of the molecule is O=C1C(=O)N(c2ccc(F)cc2)C(c2ccc(F)cc2)/C1=C(/O)c1ccc2c(c1)OCCO2. The zero-order valence-corrected chi connectivity index (χ0v) is 17.1. The molecule has 166 valence electrons. The number of aliphatic hydroxyl groups is 1. The van der Waals surface area contributed by atoms with E-state index in [1.807, 2.05) is 0 Å². The molecule has 1 amide bonds. The van der Waals surface area contributed by atoms with Crippen molar-refractivity contribution in [2.75, 3.05) is 18.1 Å². The number of carbonyl (C=O) groups is 2. The zero-order chi connectivity index (χ0) is 23.1. The molecule has 0 spiro atoms. The van der Waals surface area contributed by atoms with Crippen LogP contribution in [0.2, 0.25) is 0 Å². The van der Waals surface area contributed by atoms with E-state index in [4.69, 9.17) is 9.47 Å². The van der Waals surface area contributed by atoms with Gasteiger partial charge in [0.1, 0.15) is 30.6 Å². The lowest BCUT2D eigenvalue weighted by atomic mass is 9.95. The number of halogens is 2. The number of hydrogen-bond acceptors (Lipinski definition) is 5. The summed E-state index contributed by atoms with van der Waals surface area (Å²) in [7, 11) is 0. The number of anilines is 1. The van der Waals surface area contributed by atoms with Crippen molar-refractivity contribution in [1.82, 2.24) is 0 Å². The molecule has 0 radical (unpaired) electrons. The lowest BCUT2D eigenvalue weighted by molar-refractivity contribution is -0.132. The molecule has 2 heterocycles. The Labute approximate surface area is 187 Å². The maximum absolute atomic E-state index is 13.6. The molecule has 2 aliphatic heterocycles. The van der Waals surface area contributed by atoms with E-state index >= 15 is 0 Å². The van der Waals surface area contributed by atoms with Crippen molar-refractivity contribution in [3.05, 3.63) is 95.1 Å². The van der Waals surface area contributed by atoms with Gasteiger partial charge < -0.3 is 14.6 Å². The largest absolute Gasteiger partial charge is 0.507 e. The van der Waals surface area contributed by atoms with Crippen LogP contribution in [-0.4, -0.2) is 30.0 Å². The predicted molar refractivity (Wildman–Crippen MR) is 115 cm³/mol. The molecule has 0 saturated carbocycles. The quantitative estimate of drug-likeness (QED) is 0.365. The van der Waals surface area contributed by atoms with Gasteiger partial charge in [-0.15, -0.1) is 0 Å². The smallest absolute Gasteiger partial charge is 0.300 e. The maximum Gasteiger partial charge on any atom is 0.300 e. The Bertz CT molecular complexity index is 1290. The molecule has 1 fully saturated rings. The summed E-state index contributed by atoms with van der Waals surface area (Å²) in [5.74, 6) is -2.33. The molecule has 0 bridgehead atoms. The molecule has 8 heteroatoms. The second kappa shape index (κ2) is 8.05. The van der Waals surface area contributed by atoms with Gasteiger partial charge >= 0.3 is 0 Å². The van der Waals surface area contributed by atoms with Gasteiger partial charge in [-0.2, -0.15) is 0 Å². The minimum Gasteiger partial charge on any atom is -0.507 e. The molecule has 1 saturated heterocycles. The number of hydrogen-bond donors (Lipinski definition) is 1. The van der Waals surface area contributed by atoms with Gasteiger partial charge in [0.15, 0.2) is 11.5 Å². The number of carbonyl (C=O) groups excluding carboxylic acids is 2. The standard InChI is InChI=1S/C25H17F2NO5/c26-16-4-1-14(2-5-16)22-21(23(29)15-3-10-19-20(13-15)33-12-11-32-19)24(30)25(31)28(22)18-8-6-17(27)7-9-18/h1-10,13,22,29H,11-12H2/b23-21-. The lowest BCUT2D eigenvalue weighted by Gasteiger charge is -2.25. The fourth-order valence-electron chi connectivity index (χ4n) is 4.01. The van der Waals surface area contributed by atoms with Crippen LogP contribution in [0.3, 0.4) is 0 Å². The lowest BCUT2D eigenvalue weighted by Crippen LogP contribution is -2.29. The number of aliphatic hydroxyl groups excluding tert-OH is 1. The highest BCUT2D eigenvalue weighted by Crippen LogP contribution is 2.43. The molecule has 0 aliphatic carbocycles. The minimum absolute atomic E-state index is 0.174. The van der Waals surface area contributed by atoms with E-state index in [-0.39, 0.29) is 16.8 Å².